The zero-order chi connectivity index (χ0) is 31.0. The molecule has 4 aromatic carbocycles. The van der Waals surface area contributed by atoms with Crippen molar-refractivity contribution in [3.05, 3.63) is 114 Å². The molecule has 0 unspecified atom stereocenters. The summed E-state index contributed by atoms with van der Waals surface area (Å²) in [5.41, 5.74) is 5.91. The number of nitrogens with zero attached hydrogens (tertiary/aromatic N) is 3. The maximum absolute atomic E-state index is 13.2. The number of hydrogen-bond acceptors (Lipinski definition) is 7. The molecule has 3 N–H and O–H groups in total. The van der Waals surface area contributed by atoms with Gasteiger partial charge in [0.1, 0.15) is 0 Å². The molecule has 45 heavy (non-hydrogen) atoms. The molecule has 0 bridgehead atoms. The van der Waals surface area contributed by atoms with Crippen LogP contribution in [0.5, 0.6) is 0 Å². The summed E-state index contributed by atoms with van der Waals surface area (Å²) in [5.74, 6) is 0.0480. The van der Waals surface area contributed by atoms with Crippen LogP contribution < -0.4 is 16.0 Å². The second kappa shape index (κ2) is 14.1. The molecule has 228 valence electrons. The molecule has 5 aromatic rings. The van der Waals surface area contributed by atoms with E-state index in [1.165, 1.54) is 0 Å². The van der Waals surface area contributed by atoms with Gasteiger partial charge in [-0.15, -0.1) is 0 Å². The summed E-state index contributed by atoms with van der Waals surface area (Å²) >= 11 is 0. The Bertz CT molecular complexity index is 1790. The highest BCUT2D eigenvalue weighted by Crippen LogP contribution is 2.28. The zero-order valence-electron chi connectivity index (χ0n) is 25.3. The SMILES string of the molecule is Cc1ccc(C(=O)NCCCN2CCOCC2)cc1NC(=O)c1ccc(Nc2nc(-c3ccccc3)c3ccccc3n2)cc1. The van der Waals surface area contributed by atoms with E-state index >= 15 is 0 Å². The topological polar surface area (TPSA) is 108 Å². The summed E-state index contributed by atoms with van der Waals surface area (Å²) in [4.78, 5) is 37.8. The third-order valence-electron chi connectivity index (χ3n) is 7.84. The standard InChI is InChI=1S/C36H36N6O3/c1-25-12-13-28(34(43)37-18-7-19-42-20-22-45-23-21-42)24-32(25)39-35(44)27-14-16-29(17-15-27)38-36-40-31-11-6-5-10-30(31)33(41-36)26-8-3-2-4-9-26/h2-6,8-17,24H,7,18-23H2,1H3,(H,37,43)(H,39,44)(H,38,40,41). The van der Waals surface area contributed by atoms with Gasteiger partial charge in [0.2, 0.25) is 5.95 Å². The molecular weight excluding hydrogens is 564 g/mol. The Morgan fingerprint density at radius 1 is 0.822 bits per heavy atom. The van der Waals surface area contributed by atoms with Crippen LogP contribution in [-0.2, 0) is 4.74 Å². The van der Waals surface area contributed by atoms with Crippen LogP contribution in [0.4, 0.5) is 17.3 Å². The first-order valence-corrected chi connectivity index (χ1v) is 15.2. The van der Waals surface area contributed by atoms with Crippen molar-refractivity contribution in [2.75, 3.05) is 50.0 Å². The molecule has 1 fully saturated rings. The molecule has 1 aliphatic rings. The van der Waals surface area contributed by atoms with E-state index in [1.54, 1.807) is 24.3 Å². The number of morpholine rings is 1. The van der Waals surface area contributed by atoms with Crippen molar-refractivity contribution in [3.8, 4) is 11.3 Å². The second-order valence-corrected chi connectivity index (χ2v) is 11.0. The molecule has 0 radical (unpaired) electrons. The van der Waals surface area contributed by atoms with Gasteiger partial charge in [-0.25, -0.2) is 9.97 Å². The highest BCUT2D eigenvalue weighted by atomic mass is 16.5. The minimum atomic E-state index is -0.263. The maximum Gasteiger partial charge on any atom is 0.255 e. The average molecular weight is 601 g/mol. The van der Waals surface area contributed by atoms with Crippen molar-refractivity contribution in [2.45, 2.75) is 13.3 Å². The highest BCUT2D eigenvalue weighted by Gasteiger charge is 2.14. The van der Waals surface area contributed by atoms with Crippen LogP contribution in [0, 0.1) is 6.92 Å². The molecule has 9 heteroatoms. The molecule has 1 saturated heterocycles. The van der Waals surface area contributed by atoms with Crippen molar-refractivity contribution >= 4 is 40.0 Å². The maximum atomic E-state index is 13.2. The van der Waals surface area contributed by atoms with E-state index < -0.39 is 0 Å². The molecule has 6 rings (SSSR count). The van der Waals surface area contributed by atoms with Crippen LogP contribution in [0.2, 0.25) is 0 Å². The number of ether oxygens (including phenoxy) is 1. The van der Waals surface area contributed by atoms with E-state index in [-0.39, 0.29) is 11.8 Å². The largest absolute Gasteiger partial charge is 0.379 e. The molecule has 2 amide bonds. The number of aryl methyl sites for hydroxylation is 1. The van der Waals surface area contributed by atoms with Gasteiger partial charge >= 0.3 is 0 Å². The Morgan fingerprint density at radius 2 is 1.56 bits per heavy atom. The number of amides is 2. The predicted octanol–water partition coefficient (Wildman–Crippen LogP) is 6.05. The van der Waals surface area contributed by atoms with E-state index in [1.807, 2.05) is 79.7 Å². The first-order chi connectivity index (χ1) is 22.0. The minimum absolute atomic E-state index is 0.158. The van der Waals surface area contributed by atoms with Gasteiger partial charge in [-0.1, -0.05) is 54.6 Å². The summed E-state index contributed by atoms with van der Waals surface area (Å²) < 4.78 is 5.39. The van der Waals surface area contributed by atoms with Crippen LogP contribution in [0.3, 0.4) is 0 Å². The van der Waals surface area contributed by atoms with Gasteiger partial charge in [-0.3, -0.25) is 14.5 Å². The Kier molecular flexibility index (Phi) is 9.38. The Labute approximate surface area is 262 Å². The molecule has 0 saturated carbocycles. The molecule has 1 aromatic heterocycles. The van der Waals surface area contributed by atoms with Crippen LogP contribution in [-0.4, -0.2) is 66.1 Å². The van der Waals surface area contributed by atoms with Crippen LogP contribution in [0.15, 0.2) is 97.1 Å². The molecule has 0 aliphatic carbocycles. The quantitative estimate of drug-likeness (QED) is 0.167. The van der Waals surface area contributed by atoms with Crippen LogP contribution >= 0.6 is 0 Å². The Balaban J connectivity index is 1.09. The Morgan fingerprint density at radius 3 is 2.36 bits per heavy atom. The van der Waals surface area contributed by atoms with Gasteiger partial charge in [-0.2, -0.15) is 0 Å². The van der Waals surface area contributed by atoms with Gasteiger partial charge in [0.05, 0.1) is 24.4 Å². The van der Waals surface area contributed by atoms with Gasteiger partial charge < -0.3 is 20.7 Å². The van der Waals surface area contributed by atoms with Gasteiger partial charge in [0.25, 0.3) is 11.8 Å². The lowest BCUT2D eigenvalue weighted by Gasteiger charge is -2.26. The van der Waals surface area contributed by atoms with Gasteiger partial charge in [-0.05, 0) is 67.9 Å². The van der Waals surface area contributed by atoms with E-state index in [0.717, 1.165) is 72.7 Å². The summed E-state index contributed by atoms with van der Waals surface area (Å²) in [6, 6.07) is 30.4. The van der Waals surface area contributed by atoms with E-state index in [4.69, 9.17) is 14.7 Å². The van der Waals surface area contributed by atoms with E-state index in [9.17, 15) is 9.59 Å². The number of benzene rings is 4. The Hall–Kier alpha value is -5.12. The van der Waals surface area contributed by atoms with E-state index in [2.05, 4.69) is 20.9 Å². The van der Waals surface area contributed by atoms with Crippen LogP contribution in [0.25, 0.3) is 22.2 Å². The smallest absolute Gasteiger partial charge is 0.255 e. The number of hydrogen-bond donors (Lipinski definition) is 3. The van der Waals surface area contributed by atoms with Gasteiger partial charge in [0.15, 0.2) is 0 Å². The lowest BCUT2D eigenvalue weighted by atomic mass is 10.1. The highest BCUT2D eigenvalue weighted by molar-refractivity contribution is 6.06. The minimum Gasteiger partial charge on any atom is -0.379 e. The molecule has 9 nitrogen and oxygen atoms in total. The van der Waals surface area contributed by atoms with Gasteiger partial charge in [0, 0.05) is 53.1 Å². The first-order valence-electron chi connectivity index (χ1n) is 15.2. The second-order valence-electron chi connectivity index (χ2n) is 11.0. The number of carbonyl (C=O) groups excluding carboxylic acids is 2. The number of rotatable bonds is 10. The van der Waals surface area contributed by atoms with Crippen molar-refractivity contribution in [3.63, 3.8) is 0 Å². The summed E-state index contributed by atoms with van der Waals surface area (Å²) in [5, 5.41) is 10.2. The number of para-hydroxylation sites is 1. The molecule has 0 atom stereocenters. The zero-order valence-corrected chi connectivity index (χ0v) is 25.3. The normalized spacial score (nSPS) is 13.4. The van der Waals surface area contributed by atoms with Crippen LogP contribution in [0.1, 0.15) is 32.7 Å². The fourth-order valence-corrected chi connectivity index (χ4v) is 5.31. The van der Waals surface area contributed by atoms with Crippen molar-refractivity contribution in [1.29, 1.82) is 0 Å². The summed E-state index contributed by atoms with van der Waals surface area (Å²) in [6.07, 6.45) is 0.868. The third-order valence-corrected chi connectivity index (χ3v) is 7.84. The molecule has 1 aliphatic heterocycles. The summed E-state index contributed by atoms with van der Waals surface area (Å²) in [6.45, 7) is 6.81. The fourth-order valence-electron chi connectivity index (χ4n) is 5.31. The van der Waals surface area contributed by atoms with Crippen molar-refractivity contribution in [1.82, 2.24) is 20.2 Å². The summed E-state index contributed by atoms with van der Waals surface area (Å²) in [7, 11) is 0. The number of aromatic nitrogens is 2. The first kappa shape index (κ1) is 29.9. The van der Waals surface area contributed by atoms with Crippen molar-refractivity contribution in [2.24, 2.45) is 0 Å². The number of anilines is 3. The molecular formula is C36H36N6O3. The third kappa shape index (κ3) is 7.52. The average Bonchev–Trinajstić information content (AvgIpc) is 3.08. The number of nitrogens with one attached hydrogen (secondary N) is 3. The molecule has 0 spiro atoms. The number of fused-ring (bicyclic) bond motifs is 1. The molecule has 2 heterocycles. The predicted molar refractivity (Wildman–Crippen MR) is 178 cm³/mol. The van der Waals surface area contributed by atoms with E-state index in [0.29, 0.717) is 29.3 Å². The number of carbonyl (C=O) groups is 2. The lowest BCUT2D eigenvalue weighted by molar-refractivity contribution is 0.0374. The monoisotopic (exact) mass is 600 g/mol. The van der Waals surface area contributed by atoms with Crippen molar-refractivity contribution < 1.29 is 14.3 Å². The lowest BCUT2D eigenvalue weighted by Crippen LogP contribution is -2.38. The fraction of sp³-hybridized carbons (Fsp3) is 0.222.